The summed E-state index contributed by atoms with van der Waals surface area (Å²) < 4.78 is 16.9. The first-order valence-electron chi connectivity index (χ1n) is 8.95. The summed E-state index contributed by atoms with van der Waals surface area (Å²) in [6.07, 6.45) is 3.43. The van der Waals surface area contributed by atoms with Gasteiger partial charge in [-0.15, -0.1) is 0 Å². The molecule has 0 unspecified atom stereocenters. The Balaban J connectivity index is 1.64. The van der Waals surface area contributed by atoms with Gasteiger partial charge in [0.2, 0.25) is 5.91 Å². The molecule has 0 N–H and O–H groups in total. The van der Waals surface area contributed by atoms with Gasteiger partial charge in [-0.05, 0) is 18.1 Å². The van der Waals surface area contributed by atoms with E-state index in [-0.39, 0.29) is 23.9 Å². The summed E-state index contributed by atoms with van der Waals surface area (Å²) in [5.41, 5.74) is -0.0667. The number of hydrogen-bond acceptors (Lipinski definition) is 5. The van der Waals surface area contributed by atoms with Gasteiger partial charge in [0.05, 0.1) is 38.0 Å². The average molecular weight is 357 g/mol. The lowest BCUT2D eigenvalue weighted by Crippen LogP contribution is -2.40. The van der Waals surface area contributed by atoms with E-state index in [0.29, 0.717) is 24.6 Å². The highest BCUT2D eigenvalue weighted by atomic mass is 16.6. The second-order valence-corrected chi connectivity index (χ2v) is 7.52. The molecule has 0 radical (unpaired) electrons. The molecule has 0 aliphatic carbocycles. The van der Waals surface area contributed by atoms with E-state index in [2.05, 4.69) is 0 Å². The number of esters is 1. The molecular formula is C20H23NO5. The molecule has 0 aromatic heterocycles. The summed E-state index contributed by atoms with van der Waals surface area (Å²) in [4.78, 5) is 27.6. The van der Waals surface area contributed by atoms with Gasteiger partial charge in [0.15, 0.2) is 0 Å². The zero-order chi connectivity index (χ0) is 18.5. The molecule has 1 aromatic carbocycles. The number of nitrogens with zero attached hydrogens (tertiary/aromatic N) is 1. The fourth-order valence-electron chi connectivity index (χ4n) is 4.17. The number of rotatable bonds is 5. The summed E-state index contributed by atoms with van der Waals surface area (Å²) >= 11 is 0. The molecule has 2 fully saturated rings. The third-order valence-corrected chi connectivity index (χ3v) is 5.31. The standard InChI is InChI=1S/C20H23NO5/c1-12(2)10-25-19(23)16-15-8-9-20(26-15)11-21(18(22)17(16)20)13-6-4-5-7-14(13)24-3/h4-9,12,15-17H,10-11H2,1-3H3/t15-,16-,17-,20-/m0/s1. The van der Waals surface area contributed by atoms with Gasteiger partial charge in [-0.1, -0.05) is 38.1 Å². The van der Waals surface area contributed by atoms with Crippen LogP contribution in [0.15, 0.2) is 36.4 Å². The predicted molar refractivity (Wildman–Crippen MR) is 94.9 cm³/mol. The van der Waals surface area contributed by atoms with Gasteiger partial charge in [-0.2, -0.15) is 0 Å². The van der Waals surface area contributed by atoms with Crippen LogP contribution in [0.4, 0.5) is 5.69 Å². The molecule has 4 rings (SSSR count). The van der Waals surface area contributed by atoms with Crippen LogP contribution in [0.25, 0.3) is 0 Å². The van der Waals surface area contributed by atoms with E-state index in [1.54, 1.807) is 12.0 Å². The number of benzene rings is 1. The lowest BCUT2D eigenvalue weighted by atomic mass is 9.77. The minimum atomic E-state index is -0.760. The van der Waals surface area contributed by atoms with Crippen molar-refractivity contribution < 1.29 is 23.8 Å². The van der Waals surface area contributed by atoms with E-state index in [1.165, 1.54) is 0 Å². The van der Waals surface area contributed by atoms with Crippen LogP contribution in [0.1, 0.15) is 13.8 Å². The molecule has 6 heteroatoms. The summed E-state index contributed by atoms with van der Waals surface area (Å²) in [6.45, 7) is 4.68. The first-order valence-corrected chi connectivity index (χ1v) is 8.95. The minimum absolute atomic E-state index is 0.118. The maximum atomic E-state index is 13.2. The highest BCUT2D eigenvalue weighted by molar-refractivity contribution is 6.03. The third-order valence-electron chi connectivity index (χ3n) is 5.31. The van der Waals surface area contributed by atoms with Crippen molar-refractivity contribution in [3.8, 4) is 5.75 Å². The number of fused-ring (bicyclic) bond motifs is 1. The van der Waals surface area contributed by atoms with E-state index in [4.69, 9.17) is 14.2 Å². The van der Waals surface area contributed by atoms with Crippen molar-refractivity contribution in [1.29, 1.82) is 0 Å². The van der Waals surface area contributed by atoms with Crippen molar-refractivity contribution in [2.24, 2.45) is 17.8 Å². The smallest absolute Gasteiger partial charge is 0.312 e. The van der Waals surface area contributed by atoms with Crippen LogP contribution in [0.3, 0.4) is 0 Å². The van der Waals surface area contributed by atoms with Crippen LogP contribution in [0.2, 0.25) is 0 Å². The van der Waals surface area contributed by atoms with Gasteiger partial charge in [-0.25, -0.2) is 0 Å². The first kappa shape index (κ1) is 17.1. The number of methoxy groups -OCH3 is 1. The molecule has 2 saturated heterocycles. The van der Waals surface area contributed by atoms with Crippen molar-refractivity contribution >= 4 is 17.6 Å². The number of anilines is 1. The van der Waals surface area contributed by atoms with Crippen molar-refractivity contribution in [2.75, 3.05) is 25.2 Å². The maximum absolute atomic E-state index is 13.2. The maximum Gasteiger partial charge on any atom is 0.312 e. The molecule has 4 atom stereocenters. The fourth-order valence-corrected chi connectivity index (χ4v) is 4.17. The molecule has 1 amide bonds. The van der Waals surface area contributed by atoms with Crippen LogP contribution >= 0.6 is 0 Å². The number of carbonyl (C=O) groups is 2. The normalized spacial score (nSPS) is 31.6. The monoisotopic (exact) mass is 357 g/mol. The van der Waals surface area contributed by atoms with Crippen molar-refractivity contribution in [2.45, 2.75) is 25.6 Å². The average Bonchev–Trinajstić information content (AvgIpc) is 3.28. The van der Waals surface area contributed by atoms with Crippen molar-refractivity contribution in [3.05, 3.63) is 36.4 Å². The van der Waals surface area contributed by atoms with Crippen LogP contribution in [-0.4, -0.2) is 43.8 Å². The van der Waals surface area contributed by atoms with Crippen LogP contribution in [0.5, 0.6) is 5.75 Å². The summed E-state index contributed by atoms with van der Waals surface area (Å²) in [7, 11) is 1.58. The molecule has 2 bridgehead atoms. The first-order chi connectivity index (χ1) is 12.5. The molecule has 138 valence electrons. The Bertz CT molecular complexity index is 773. The molecule has 3 aliphatic rings. The Hall–Kier alpha value is -2.34. The van der Waals surface area contributed by atoms with Crippen molar-refractivity contribution in [1.82, 2.24) is 0 Å². The molecule has 1 aromatic rings. The second-order valence-electron chi connectivity index (χ2n) is 7.52. The molecular weight excluding hydrogens is 334 g/mol. The highest BCUT2D eigenvalue weighted by Gasteiger charge is 2.67. The summed E-state index contributed by atoms with van der Waals surface area (Å²) in [6, 6.07) is 7.38. The van der Waals surface area contributed by atoms with Crippen molar-refractivity contribution in [3.63, 3.8) is 0 Å². The summed E-state index contributed by atoms with van der Waals surface area (Å²) in [5, 5.41) is 0. The van der Waals surface area contributed by atoms with Gasteiger partial charge in [0, 0.05) is 0 Å². The number of hydrogen-bond donors (Lipinski definition) is 0. The second kappa shape index (κ2) is 6.13. The predicted octanol–water partition coefficient (Wildman–Crippen LogP) is 2.18. The van der Waals surface area contributed by atoms with Gasteiger partial charge < -0.3 is 19.1 Å². The van der Waals surface area contributed by atoms with Crippen LogP contribution < -0.4 is 9.64 Å². The van der Waals surface area contributed by atoms with E-state index in [1.807, 2.05) is 50.3 Å². The number of para-hydroxylation sites is 2. The minimum Gasteiger partial charge on any atom is -0.495 e. The molecule has 26 heavy (non-hydrogen) atoms. The quantitative estimate of drug-likeness (QED) is 0.597. The Labute approximate surface area is 152 Å². The van der Waals surface area contributed by atoms with Crippen LogP contribution in [0, 0.1) is 17.8 Å². The van der Waals surface area contributed by atoms with E-state index in [9.17, 15) is 9.59 Å². The van der Waals surface area contributed by atoms with E-state index < -0.39 is 17.4 Å². The molecule has 3 aliphatic heterocycles. The van der Waals surface area contributed by atoms with E-state index in [0.717, 1.165) is 0 Å². The Morgan fingerprint density at radius 2 is 2.15 bits per heavy atom. The number of ether oxygens (including phenoxy) is 3. The number of carbonyl (C=O) groups excluding carboxylic acids is 2. The summed E-state index contributed by atoms with van der Waals surface area (Å²) in [5.74, 6) is -0.752. The molecule has 1 spiro atoms. The molecule has 6 nitrogen and oxygen atoms in total. The lowest BCUT2D eigenvalue weighted by molar-refractivity contribution is -0.153. The van der Waals surface area contributed by atoms with Gasteiger partial charge in [-0.3, -0.25) is 9.59 Å². The zero-order valence-electron chi connectivity index (χ0n) is 15.2. The van der Waals surface area contributed by atoms with Gasteiger partial charge >= 0.3 is 5.97 Å². The zero-order valence-corrected chi connectivity index (χ0v) is 15.2. The Morgan fingerprint density at radius 3 is 2.88 bits per heavy atom. The molecule has 3 heterocycles. The topological polar surface area (TPSA) is 65.1 Å². The third kappa shape index (κ3) is 2.43. The van der Waals surface area contributed by atoms with Gasteiger partial charge in [0.1, 0.15) is 17.3 Å². The Morgan fingerprint density at radius 1 is 1.38 bits per heavy atom. The van der Waals surface area contributed by atoms with Crippen LogP contribution in [-0.2, 0) is 19.1 Å². The lowest BCUT2D eigenvalue weighted by Gasteiger charge is -2.23. The largest absolute Gasteiger partial charge is 0.495 e. The SMILES string of the molecule is COc1ccccc1N1C[C@]23C=C[C@H](O2)[C@H](C(=O)OCC(C)C)[C@H]3C1=O. The highest BCUT2D eigenvalue weighted by Crippen LogP contribution is 2.53. The number of amides is 1. The Kier molecular flexibility index (Phi) is 4.03. The fraction of sp³-hybridized carbons (Fsp3) is 0.500. The van der Waals surface area contributed by atoms with E-state index >= 15 is 0 Å². The van der Waals surface area contributed by atoms with Gasteiger partial charge in [0.25, 0.3) is 0 Å². The molecule has 0 saturated carbocycles.